The fourth-order valence-electron chi connectivity index (χ4n) is 2.37. The highest BCUT2D eigenvalue weighted by atomic mass is 35.5. The van der Waals surface area contributed by atoms with E-state index in [1.54, 1.807) is 0 Å². The lowest BCUT2D eigenvalue weighted by Gasteiger charge is -2.34. The normalized spacial score (nSPS) is 18.1. The van der Waals surface area contributed by atoms with E-state index in [1.807, 2.05) is 6.92 Å². The number of halogens is 1. The summed E-state index contributed by atoms with van der Waals surface area (Å²) in [5.41, 5.74) is 0.0466. The van der Waals surface area contributed by atoms with Gasteiger partial charge in [0, 0.05) is 5.54 Å². The van der Waals surface area contributed by atoms with Crippen LogP contribution in [0.5, 0.6) is 6.01 Å². The molecule has 1 aromatic heterocycles. The highest BCUT2D eigenvalue weighted by Crippen LogP contribution is 2.30. The van der Waals surface area contributed by atoms with E-state index in [1.165, 1.54) is 19.3 Å². The average molecular weight is 285 g/mol. The van der Waals surface area contributed by atoms with Crippen molar-refractivity contribution in [2.75, 3.05) is 11.9 Å². The van der Waals surface area contributed by atoms with E-state index in [-0.39, 0.29) is 10.8 Å². The van der Waals surface area contributed by atoms with Gasteiger partial charge >= 0.3 is 6.01 Å². The molecule has 0 aliphatic heterocycles. The Kier molecular flexibility index (Phi) is 4.80. The molecule has 1 fully saturated rings. The fourth-order valence-corrected chi connectivity index (χ4v) is 2.53. The van der Waals surface area contributed by atoms with Gasteiger partial charge in [-0.05, 0) is 37.8 Å². The summed E-state index contributed by atoms with van der Waals surface area (Å²) in [6.45, 7) is 4.82. The van der Waals surface area contributed by atoms with Crippen molar-refractivity contribution in [2.45, 2.75) is 57.9 Å². The minimum Gasteiger partial charge on any atom is -0.463 e. The van der Waals surface area contributed by atoms with E-state index in [9.17, 15) is 0 Å². The Morgan fingerprint density at radius 3 is 2.63 bits per heavy atom. The molecular weight excluding hydrogens is 264 g/mol. The summed E-state index contributed by atoms with van der Waals surface area (Å²) in [7, 11) is 0. The molecule has 6 heteroatoms. The van der Waals surface area contributed by atoms with Crippen LogP contribution >= 0.6 is 11.6 Å². The van der Waals surface area contributed by atoms with Crippen LogP contribution in [0.1, 0.15) is 52.4 Å². The van der Waals surface area contributed by atoms with Crippen molar-refractivity contribution >= 4 is 17.5 Å². The van der Waals surface area contributed by atoms with Crippen LogP contribution < -0.4 is 10.1 Å². The van der Waals surface area contributed by atoms with Crippen molar-refractivity contribution in [1.29, 1.82) is 0 Å². The van der Waals surface area contributed by atoms with E-state index in [2.05, 4.69) is 27.2 Å². The summed E-state index contributed by atoms with van der Waals surface area (Å²) in [4.78, 5) is 12.4. The monoisotopic (exact) mass is 284 g/mol. The Labute approximate surface area is 119 Å². The van der Waals surface area contributed by atoms with Gasteiger partial charge in [-0.25, -0.2) is 0 Å². The van der Waals surface area contributed by atoms with Crippen LogP contribution in [-0.2, 0) is 0 Å². The van der Waals surface area contributed by atoms with E-state index in [0.29, 0.717) is 18.6 Å². The third-order valence-electron chi connectivity index (χ3n) is 3.39. The first kappa shape index (κ1) is 14.3. The van der Waals surface area contributed by atoms with Crippen molar-refractivity contribution < 1.29 is 4.74 Å². The van der Waals surface area contributed by atoms with Crippen LogP contribution in [0.25, 0.3) is 0 Å². The maximum atomic E-state index is 5.91. The number of hydrogen-bond acceptors (Lipinski definition) is 5. The minimum absolute atomic E-state index is 0.0466. The molecule has 1 aliphatic carbocycles. The highest BCUT2D eigenvalue weighted by molar-refractivity contribution is 6.28. The van der Waals surface area contributed by atoms with Gasteiger partial charge in [0.25, 0.3) is 0 Å². The standard InChI is InChI=1S/C13H21ClN4O/c1-3-9-19-12-16-10(14)15-11(17-12)18-13(2)7-5-4-6-8-13/h3-9H2,1-2H3,(H,15,16,17,18). The molecule has 1 heterocycles. The predicted molar refractivity (Wildman–Crippen MR) is 75.7 cm³/mol. The first-order valence-corrected chi connectivity index (χ1v) is 7.32. The third kappa shape index (κ3) is 4.20. The number of nitrogens with zero attached hydrogens (tertiary/aromatic N) is 3. The summed E-state index contributed by atoms with van der Waals surface area (Å²) < 4.78 is 5.41. The Hall–Kier alpha value is -1.10. The maximum absolute atomic E-state index is 5.91. The SMILES string of the molecule is CCCOc1nc(Cl)nc(NC2(C)CCCCC2)n1. The zero-order valence-electron chi connectivity index (χ0n) is 11.6. The van der Waals surface area contributed by atoms with Gasteiger partial charge in [0.1, 0.15) is 0 Å². The van der Waals surface area contributed by atoms with Crippen molar-refractivity contribution in [3.8, 4) is 6.01 Å². The Morgan fingerprint density at radius 1 is 1.21 bits per heavy atom. The molecule has 0 amide bonds. The number of rotatable bonds is 5. The lowest BCUT2D eigenvalue weighted by Crippen LogP contribution is -2.37. The summed E-state index contributed by atoms with van der Waals surface area (Å²) in [5, 5.41) is 3.56. The molecule has 1 aliphatic rings. The average Bonchev–Trinajstić information content (AvgIpc) is 2.36. The summed E-state index contributed by atoms with van der Waals surface area (Å²) in [5.74, 6) is 0.510. The zero-order valence-corrected chi connectivity index (χ0v) is 12.3. The molecule has 1 saturated carbocycles. The first-order valence-electron chi connectivity index (χ1n) is 6.94. The quantitative estimate of drug-likeness (QED) is 0.897. The van der Waals surface area contributed by atoms with Gasteiger partial charge in [-0.1, -0.05) is 26.2 Å². The molecule has 1 N–H and O–H groups in total. The lowest BCUT2D eigenvalue weighted by atomic mass is 9.83. The molecule has 0 aromatic carbocycles. The largest absolute Gasteiger partial charge is 0.463 e. The molecule has 5 nitrogen and oxygen atoms in total. The second-order valence-corrected chi connectivity index (χ2v) is 5.64. The van der Waals surface area contributed by atoms with Gasteiger partial charge in [0.2, 0.25) is 11.2 Å². The highest BCUT2D eigenvalue weighted by Gasteiger charge is 2.27. The smallest absolute Gasteiger partial charge is 0.322 e. The molecule has 0 saturated heterocycles. The maximum Gasteiger partial charge on any atom is 0.322 e. The van der Waals surface area contributed by atoms with Gasteiger partial charge in [0.05, 0.1) is 6.61 Å². The van der Waals surface area contributed by atoms with Crippen LogP contribution in [0.3, 0.4) is 0 Å². The van der Waals surface area contributed by atoms with Gasteiger partial charge in [-0.15, -0.1) is 0 Å². The molecular formula is C13H21ClN4O. The molecule has 0 spiro atoms. The molecule has 106 valence electrons. The third-order valence-corrected chi connectivity index (χ3v) is 3.56. The second kappa shape index (κ2) is 6.37. The van der Waals surface area contributed by atoms with Crippen molar-refractivity contribution in [3.05, 3.63) is 5.28 Å². The van der Waals surface area contributed by atoms with E-state index < -0.39 is 0 Å². The molecule has 19 heavy (non-hydrogen) atoms. The van der Waals surface area contributed by atoms with Crippen molar-refractivity contribution in [1.82, 2.24) is 15.0 Å². The molecule has 1 aromatic rings. The van der Waals surface area contributed by atoms with Gasteiger partial charge in [-0.3, -0.25) is 0 Å². The summed E-state index contributed by atoms with van der Waals surface area (Å²) in [6.07, 6.45) is 6.94. The van der Waals surface area contributed by atoms with Gasteiger partial charge < -0.3 is 10.1 Å². The number of nitrogens with one attached hydrogen (secondary N) is 1. The predicted octanol–water partition coefficient (Wildman–Crippen LogP) is 3.45. The van der Waals surface area contributed by atoms with Gasteiger partial charge in [0.15, 0.2) is 0 Å². The van der Waals surface area contributed by atoms with Crippen molar-refractivity contribution in [2.24, 2.45) is 0 Å². The second-order valence-electron chi connectivity index (χ2n) is 5.31. The van der Waals surface area contributed by atoms with Crippen LogP contribution in [0.4, 0.5) is 5.95 Å². The minimum atomic E-state index is 0.0466. The first-order chi connectivity index (χ1) is 9.11. The van der Waals surface area contributed by atoms with Crippen LogP contribution in [0.2, 0.25) is 5.28 Å². The fraction of sp³-hybridized carbons (Fsp3) is 0.769. The van der Waals surface area contributed by atoms with Crippen LogP contribution in [0, 0.1) is 0 Å². The molecule has 0 bridgehead atoms. The number of anilines is 1. The molecule has 0 radical (unpaired) electrons. The Bertz CT molecular complexity index is 421. The zero-order chi connectivity index (χ0) is 13.7. The number of hydrogen-bond donors (Lipinski definition) is 1. The topological polar surface area (TPSA) is 59.9 Å². The Morgan fingerprint density at radius 2 is 1.95 bits per heavy atom. The van der Waals surface area contributed by atoms with Gasteiger partial charge in [-0.2, -0.15) is 15.0 Å². The van der Waals surface area contributed by atoms with E-state index in [4.69, 9.17) is 16.3 Å². The molecule has 0 atom stereocenters. The Balaban J connectivity index is 2.08. The lowest BCUT2D eigenvalue weighted by molar-refractivity contribution is 0.290. The van der Waals surface area contributed by atoms with Crippen LogP contribution in [0.15, 0.2) is 0 Å². The summed E-state index contributed by atoms with van der Waals surface area (Å²) in [6, 6.07) is 0.295. The number of aromatic nitrogens is 3. The molecule has 0 unspecified atom stereocenters. The summed E-state index contributed by atoms with van der Waals surface area (Å²) >= 11 is 5.91. The van der Waals surface area contributed by atoms with E-state index in [0.717, 1.165) is 19.3 Å². The van der Waals surface area contributed by atoms with E-state index >= 15 is 0 Å². The van der Waals surface area contributed by atoms with Crippen molar-refractivity contribution in [3.63, 3.8) is 0 Å². The van der Waals surface area contributed by atoms with Crippen LogP contribution in [-0.4, -0.2) is 27.1 Å². The molecule has 2 rings (SSSR count). The number of ether oxygens (including phenoxy) is 1.